The number of hydrogen-bond acceptors (Lipinski definition) is 1. The standard InChI is InChI=1S/C24H24S/c1-3-5-6-8-19-9-11-20(12-10-19)14-16-23-18-22-15-13-21(7-4-2)17-24(22)25-23/h3,5,9-13,15,17-18H,4,6-8H2,1-2H3/b5-3+. The minimum absolute atomic E-state index is 1.08. The quantitative estimate of drug-likeness (QED) is 0.354. The molecule has 3 rings (SSSR count). The van der Waals surface area contributed by atoms with Crippen LogP contribution in [0.3, 0.4) is 0 Å². The summed E-state index contributed by atoms with van der Waals surface area (Å²) in [6.07, 6.45) is 8.85. The first-order valence-electron chi connectivity index (χ1n) is 9.03. The average Bonchev–Trinajstić information content (AvgIpc) is 3.04. The van der Waals surface area contributed by atoms with Gasteiger partial charge in [0.15, 0.2) is 0 Å². The zero-order valence-electron chi connectivity index (χ0n) is 15.0. The molecule has 1 heterocycles. The first-order chi connectivity index (χ1) is 12.3. The Balaban J connectivity index is 1.73. The summed E-state index contributed by atoms with van der Waals surface area (Å²) in [5.41, 5.74) is 3.87. The molecule has 25 heavy (non-hydrogen) atoms. The lowest BCUT2D eigenvalue weighted by Gasteiger charge is -1.98. The van der Waals surface area contributed by atoms with Crippen LogP contribution in [0.5, 0.6) is 0 Å². The molecule has 0 saturated carbocycles. The minimum atomic E-state index is 1.08. The fourth-order valence-corrected chi connectivity index (χ4v) is 3.87. The van der Waals surface area contributed by atoms with E-state index in [9.17, 15) is 0 Å². The van der Waals surface area contributed by atoms with Gasteiger partial charge in [0.2, 0.25) is 0 Å². The van der Waals surface area contributed by atoms with Gasteiger partial charge in [0, 0.05) is 10.3 Å². The molecule has 0 radical (unpaired) electrons. The number of rotatable bonds is 5. The number of hydrogen-bond donors (Lipinski definition) is 0. The van der Waals surface area contributed by atoms with Crippen molar-refractivity contribution in [1.29, 1.82) is 0 Å². The van der Waals surface area contributed by atoms with Gasteiger partial charge in [-0.3, -0.25) is 0 Å². The molecule has 0 aliphatic heterocycles. The van der Waals surface area contributed by atoms with E-state index in [1.165, 1.54) is 27.6 Å². The fourth-order valence-electron chi connectivity index (χ4n) is 2.89. The molecule has 126 valence electrons. The number of benzene rings is 2. The average molecular weight is 345 g/mol. The summed E-state index contributed by atoms with van der Waals surface area (Å²) in [5, 5.41) is 1.30. The Hall–Kier alpha value is -2.30. The van der Waals surface area contributed by atoms with Crippen molar-refractivity contribution in [3.8, 4) is 11.8 Å². The van der Waals surface area contributed by atoms with Gasteiger partial charge < -0.3 is 0 Å². The summed E-state index contributed by atoms with van der Waals surface area (Å²) < 4.78 is 1.34. The van der Waals surface area contributed by atoms with Crippen molar-refractivity contribution in [3.05, 3.63) is 82.3 Å². The maximum atomic E-state index is 3.33. The lowest BCUT2D eigenvalue weighted by molar-refractivity contribution is 0.924. The summed E-state index contributed by atoms with van der Waals surface area (Å²) in [7, 11) is 0. The van der Waals surface area contributed by atoms with E-state index in [4.69, 9.17) is 0 Å². The number of aryl methyl sites for hydroxylation is 2. The molecule has 3 aromatic rings. The lowest BCUT2D eigenvalue weighted by atomic mass is 10.1. The number of fused-ring (bicyclic) bond motifs is 1. The largest absolute Gasteiger partial charge is 0.127 e. The summed E-state index contributed by atoms with van der Waals surface area (Å²) in [6.45, 7) is 4.29. The van der Waals surface area contributed by atoms with E-state index in [0.29, 0.717) is 0 Å². The van der Waals surface area contributed by atoms with E-state index in [2.05, 4.69) is 86.4 Å². The molecule has 1 heteroatoms. The Morgan fingerprint density at radius 1 is 0.920 bits per heavy atom. The zero-order chi connectivity index (χ0) is 17.5. The first kappa shape index (κ1) is 17.5. The number of thiophene rings is 1. The summed E-state index contributed by atoms with van der Waals surface area (Å²) >= 11 is 1.79. The third-order valence-electron chi connectivity index (χ3n) is 4.24. The third kappa shape index (κ3) is 4.84. The van der Waals surface area contributed by atoms with Crippen LogP contribution in [0.4, 0.5) is 0 Å². The van der Waals surface area contributed by atoms with Gasteiger partial charge in [-0.15, -0.1) is 11.3 Å². The highest BCUT2D eigenvalue weighted by molar-refractivity contribution is 7.19. The first-order valence-corrected chi connectivity index (χ1v) is 9.84. The van der Waals surface area contributed by atoms with E-state index in [1.807, 2.05) is 0 Å². The van der Waals surface area contributed by atoms with Crippen LogP contribution >= 0.6 is 11.3 Å². The smallest absolute Gasteiger partial charge is 0.0784 e. The fraction of sp³-hybridized carbons (Fsp3) is 0.250. The second-order valence-corrected chi connectivity index (χ2v) is 7.37. The van der Waals surface area contributed by atoms with E-state index in [1.54, 1.807) is 11.3 Å². The van der Waals surface area contributed by atoms with E-state index >= 15 is 0 Å². The normalized spacial score (nSPS) is 11.0. The van der Waals surface area contributed by atoms with Crippen LogP contribution in [-0.2, 0) is 12.8 Å². The van der Waals surface area contributed by atoms with Gasteiger partial charge in [-0.2, -0.15) is 0 Å². The molecule has 1 aromatic heterocycles. The Kier molecular flexibility index (Phi) is 6.09. The molecule has 0 aliphatic rings. The molecule has 0 N–H and O–H groups in total. The predicted octanol–water partition coefficient (Wildman–Crippen LogP) is 6.76. The second-order valence-electron chi connectivity index (χ2n) is 6.29. The van der Waals surface area contributed by atoms with E-state index in [-0.39, 0.29) is 0 Å². The Morgan fingerprint density at radius 3 is 2.48 bits per heavy atom. The van der Waals surface area contributed by atoms with Gasteiger partial charge in [-0.05, 0) is 67.0 Å². The van der Waals surface area contributed by atoms with Gasteiger partial charge in [-0.25, -0.2) is 0 Å². The molecular formula is C24H24S. The highest BCUT2D eigenvalue weighted by Gasteiger charge is 2.01. The van der Waals surface area contributed by atoms with Gasteiger partial charge in [-0.1, -0.05) is 61.6 Å². The van der Waals surface area contributed by atoms with Crippen LogP contribution < -0.4 is 0 Å². The molecular weight excluding hydrogens is 320 g/mol. The van der Waals surface area contributed by atoms with Crippen molar-refractivity contribution in [2.45, 2.75) is 39.5 Å². The SMILES string of the molecule is C/C=C/CCc1ccc(C#Cc2cc3ccc(CCC)cc3s2)cc1. The highest BCUT2D eigenvalue weighted by Crippen LogP contribution is 2.26. The Bertz CT molecular complexity index is 914. The van der Waals surface area contributed by atoms with Crippen LogP contribution in [0.1, 0.15) is 48.3 Å². The molecule has 0 bridgehead atoms. The van der Waals surface area contributed by atoms with Crippen molar-refractivity contribution in [1.82, 2.24) is 0 Å². The predicted molar refractivity (Wildman–Crippen MR) is 111 cm³/mol. The molecule has 0 aliphatic carbocycles. The van der Waals surface area contributed by atoms with E-state index in [0.717, 1.165) is 29.7 Å². The van der Waals surface area contributed by atoms with Crippen molar-refractivity contribution in [2.24, 2.45) is 0 Å². The van der Waals surface area contributed by atoms with Crippen LogP contribution in [0.15, 0.2) is 60.7 Å². The van der Waals surface area contributed by atoms with Crippen molar-refractivity contribution < 1.29 is 0 Å². The summed E-state index contributed by atoms with van der Waals surface area (Å²) in [5.74, 6) is 6.63. The monoisotopic (exact) mass is 344 g/mol. The lowest BCUT2D eigenvalue weighted by Crippen LogP contribution is -1.83. The molecule has 0 saturated heterocycles. The van der Waals surface area contributed by atoms with Gasteiger partial charge in [0.05, 0.1) is 4.88 Å². The molecule has 2 aromatic carbocycles. The third-order valence-corrected chi connectivity index (χ3v) is 5.26. The molecule has 0 spiro atoms. The minimum Gasteiger partial charge on any atom is -0.127 e. The van der Waals surface area contributed by atoms with Crippen molar-refractivity contribution in [2.75, 3.05) is 0 Å². The second kappa shape index (κ2) is 8.70. The van der Waals surface area contributed by atoms with Gasteiger partial charge in [0.1, 0.15) is 0 Å². The van der Waals surface area contributed by atoms with Crippen LogP contribution in [-0.4, -0.2) is 0 Å². The summed E-state index contributed by atoms with van der Waals surface area (Å²) in [6, 6.07) is 17.6. The zero-order valence-corrected chi connectivity index (χ0v) is 15.8. The van der Waals surface area contributed by atoms with Crippen molar-refractivity contribution in [3.63, 3.8) is 0 Å². The van der Waals surface area contributed by atoms with Crippen LogP contribution in [0.25, 0.3) is 10.1 Å². The van der Waals surface area contributed by atoms with Gasteiger partial charge in [0.25, 0.3) is 0 Å². The van der Waals surface area contributed by atoms with Crippen LogP contribution in [0.2, 0.25) is 0 Å². The van der Waals surface area contributed by atoms with Gasteiger partial charge >= 0.3 is 0 Å². The summed E-state index contributed by atoms with van der Waals surface area (Å²) in [4.78, 5) is 1.14. The van der Waals surface area contributed by atoms with Crippen molar-refractivity contribution >= 4 is 21.4 Å². The molecule has 0 fully saturated rings. The van der Waals surface area contributed by atoms with Crippen LogP contribution in [0, 0.1) is 11.8 Å². The number of allylic oxidation sites excluding steroid dienone is 2. The molecule has 0 atom stereocenters. The highest BCUT2D eigenvalue weighted by atomic mass is 32.1. The molecule has 0 nitrogen and oxygen atoms in total. The van der Waals surface area contributed by atoms with E-state index < -0.39 is 0 Å². The topological polar surface area (TPSA) is 0 Å². The maximum absolute atomic E-state index is 3.33. The molecule has 0 unspecified atom stereocenters. The maximum Gasteiger partial charge on any atom is 0.0784 e. The Morgan fingerprint density at radius 2 is 1.72 bits per heavy atom. The molecule has 0 amide bonds. The Labute approximate surface area is 155 Å².